The normalized spacial score (nSPS) is 10.8. The standard InChI is InChI=1S/C8H12N2O3/c1-5-12-8(11)7(9-4)10-13-6(2)3/h6H,5H2,1-3H3/b10-7+. The zero-order valence-electron chi connectivity index (χ0n) is 7.90. The first-order valence-electron chi connectivity index (χ1n) is 3.90. The fourth-order valence-electron chi connectivity index (χ4n) is 0.454. The van der Waals surface area contributed by atoms with Gasteiger partial charge in [-0.15, -0.1) is 0 Å². The third-order valence-corrected chi connectivity index (χ3v) is 0.914. The lowest BCUT2D eigenvalue weighted by molar-refractivity contribution is -0.135. The Morgan fingerprint density at radius 3 is 2.62 bits per heavy atom. The largest absolute Gasteiger partial charge is 0.470 e. The van der Waals surface area contributed by atoms with Crippen LogP contribution in [-0.4, -0.2) is 24.5 Å². The highest BCUT2D eigenvalue weighted by Gasteiger charge is 2.14. The number of ether oxygens (including phenoxy) is 1. The Morgan fingerprint density at radius 2 is 2.23 bits per heavy atom. The maximum atomic E-state index is 10.9. The van der Waals surface area contributed by atoms with E-state index in [2.05, 4.69) is 14.7 Å². The molecular weight excluding hydrogens is 172 g/mol. The third kappa shape index (κ3) is 4.80. The Kier molecular flexibility index (Phi) is 5.28. The number of amidine groups is 1. The maximum Gasteiger partial charge on any atom is 0.398 e. The van der Waals surface area contributed by atoms with E-state index >= 15 is 0 Å². The lowest BCUT2D eigenvalue weighted by atomic mass is 10.5. The van der Waals surface area contributed by atoms with E-state index in [0.29, 0.717) is 0 Å². The molecule has 5 nitrogen and oxygen atoms in total. The van der Waals surface area contributed by atoms with Crippen molar-refractivity contribution in [2.45, 2.75) is 26.9 Å². The smallest absolute Gasteiger partial charge is 0.398 e. The van der Waals surface area contributed by atoms with E-state index in [0.717, 1.165) is 0 Å². The average Bonchev–Trinajstić information content (AvgIpc) is 2.05. The predicted molar refractivity (Wildman–Crippen MR) is 46.9 cm³/mol. The van der Waals surface area contributed by atoms with Crippen molar-refractivity contribution in [1.29, 1.82) is 0 Å². The van der Waals surface area contributed by atoms with E-state index in [4.69, 9.17) is 11.4 Å². The summed E-state index contributed by atoms with van der Waals surface area (Å²) in [4.78, 5) is 18.6. The SMILES string of the molecule is [C-]#[N+]/C(=N/OC(C)C)C(=O)OCC. The molecule has 0 atom stereocenters. The van der Waals surface area contributed by atoms with Gasteiger partial charge in [-0.25, -0.2) is 0 Å². The molecule has 0 aliphatic rings. The number of carbonyl (C=O) groups excluding carboxylic acids is 1. The van der Waals surface area contributed by atoms with Crippen molar-refractivity contribution in [3.8, 4) is 0 Å². The van der Waals surface area contributed by atoms with Crippen LogP contribution >= 0.6 is 0 Å². The summed E-state index contributed by atoms with van der Waals surface area (Å²) in [5, 5.41) is 3.35. The minimum Gasteiger partial charge on any atom is -0.470 e. The number of rotatable bonds is 3. The zero-order chi connectivity index (χ0) is 10.3. The number of oxime groups is 1. The molecule has 0 spiro atoms. The van der Waals surface area contributed by atoms with Gasteiger partial charge in [0.2, 0.25) is 0 Å². The second-order valence-corrected chi connectivity index (χ2v) is 2.40. The van der Waals surface area contributed by atoms with E-state index < -0.39 is 5.97 Å². The predicted octanol–water partition coefficient (Wildman–Crippen LogP) is 1.21. The first-order chi connectivity index (χ1) is 6.11. The lowest BCUT2D eigenvalue weighted by Gasteiger charge is -1.99. The Morgan fingerprint density at radius 1 is 1.62 bits per heavy atom. The van der Waals surface area contributed by atoms with E-state index in [-0.39, 0.29) is 18.5 Å². The van der Waals surface area contributed by atoms with Gasteiger partial charge in [0, 0.05) is 0 Å². The molecule has 0 bridgehead atoms. The van der Waals surface area contributed by atoms with Gasteiger partial charge in [0.25, 0.3) is 0 Å². The average molecular weight is 184 g/mol. The van der Waals surface area contributed by atoms with Crippen molar-refractivity contribution in [3.63, 3.8) is 0 Å². The molecule has 0 saturated carbocycles. The molecule has 0 aromatic carbocycles. The molecule has 0 N–H and O–H groups in total. The van der Waals surface area contributed by atoms with Gasteiger partial charge >= 0.3 is 11.8 Å². The molecule has 0 fully saturated rings. The maximum absolute atomic E-state index is 10.9. The van der Waals surface area contributed by atoms with Crippen LogP contribution in [0.4, 0.5) is 0 Å². The lowest BCUT2D eigenvalue weighted by Crippen LogP contribution is -2.15. The van der Waals surface area contributed by atoms with Crippen molar-refractivity contribution in [3.05, 3.63) is 11.4 Å². The Hall–Kier alpha value is -1.57. The highest BCUT2D eigenvalue weighted by atomic mass is 16.6. The van der Waals surface area contributed by atoms with Crippen LogP contribution in [0.5, 0.6) is 0 Å². The topological polar surface area (TPSA) is 52.2 Å². The van der Waals surface area contributed by atoms with E-state index in [1.54, 1.807) is 20.8 Å². The second-order valence-electron chi connectivity index (χ2n) is 2.40. The summed E-state index contributed by atoms with van der Waals surface area (Å²) in [7, 11) is 0. The Bertz CT molecular complexity index is 240. The molecule has 72 valence electrons. The van der Waals surface area contributed by atoms with Crippen molar-refractivity contribution in [2.24, 2.45) is 5.16 Å². The molecule has 0 aliphatic heterocycles. The van der Waals surface area contributed by atoms with E-state index in [1.165, 1.54) is 0 Å². The monoisotopic (exact) mass is 184 g/mol. The van der Waals surface area contributed by atoms with Gasteiger partial charge in [-0.2, -0.15) is 0 Å². The number of hydrogen-bond acceptors (Lipinski definition) is 4. The molecule has 5 heteroatoms. The molecule has 13 heavy (non-hydrogen) atoms. The van der Waals surface area contributed by atoms with Gasteiger partial charge in [-0.05, 0) is 20.8 Å². The zero-order valence-corrected chi connectivity index (χ0v) is 7.90. The Labute approximate surface area is 77.1 Å². The summed E-state index contributed by atoms with van der Waals surface area (Å²) >= 11 is 0. The second kappa shape index (κ2) is 6.00. The molecule has 0 heterocycles. The first-order valence-corrected chi connectivity index (χ1v) is 3.90. The molecule has 0 amide bonds. The quantitative estimate of drug-likeness (QED) is 0.218. The van der Waals surface area contributed by atoms with Crippen LogP contribution in [0.2, 0.25) is 0 Å². The summed E-state index contributed by atoms with van der Waals surface area (Å²) in [6.45, 7) is 12.0. The van der Waals surface area contributed by atoms with Crippen LogP contribution in [0.15, 0.2) is 5.16 Å². The summed E-state index contributed by atoms with van der Waals surface area (Å²) in [5.74, 6) is -1.13. The summed E-state index contributed by atoms with van der Waals surface area (Å²) in [6, 6.07) is 0. The van der Waals surface area contributed by atoms with E-state index in [9.17, 15) is 4.79 Å². The Balaban J connectivity index is 4.26. The molecule has 0 unspecified atom stereocenters. The molecule has 0 aliphatic carbocycles. The molecule has 0 rings (SSSR count). The number of hydrogen-bond donors (Lipinski definition) is 0. The summed E-state index contributed by atoms with van der Waals surface area (Å²) in [5.41, 5.74) is 0. The van der Waals surface area contributed by atoms with Gasteiger partial charge < -0.3 is 14.4 Å². The first kappa shape index (κ1) is 11.4. The van der Waals surface area contributed by atoms with Gasteiger partial charge in [0.15, 0.2) is 0 Å². The van der Waals surface area contributed by atoms with Crippen molar-refractivity contribution in [2.75, 3.05) is 6.61 Å². The molecule has 0 aromatic heterocycles. The van der Waals surface area contributed by atoms with Gasteiger partial charge in [0.05, 0.1) is 11.8 Å². The fourth-order valence-corrected chi connectivity index (χ4v) is 0.454. The van der Waals surface area contributed by atoms with Crippen LogP contribution in [0.1, 0.15) is 20.8 Å². The van der Waals surface area contributed by atoms with Gasteiger partial charge in [0.1, 0.15) is 6.10 Å². The van der Waals surface area contributed by atoms with Crippen LogP contribution in [0, 0.1) is 6.57 Å². The summed E-state index contributed by atoms with van der Waals surface area (Å²) < 4.78 is 4.56. The van der Waals surface area contributed by atoms with Crippen LogP contribution in [0.3, 0.4) is 0 Å². The molecule has 0 radical (unpaired) electrons. The number of nitrogens with zero attached hydrogens (tertiary/aromatic N) is 2. The molecule has 0 aromatic rings. The highest BCUT2D eigenvalue weighted by molar-refractivity contribution is 6.39. The van der Waals surface area contributed by atoms with Crippen molar-refractivity contribution < 1.29 is 14.4 Å². The van der Waals surface area contributed by atoms with Gasteiger partial charge in [-0.3, -0.25) is 4.79 Å². The summed E-state index contributed by atoms with van der Waals surface area (Å²) in [6.07, 6.45) is -0.161. The number of esters is 1. The fraction of sp³-hybridized carbons (Fsp3) is 0.625. The third-order valence-electron chi connectivity index (χ3n) is 0.914. The highest BCUT2D eigenvalue weighted by Crippen LogP contribution is 1.93. The van der Waals surface area contributed by atoms with Crippen molar-refractivity contribution in [1.82, 2.24) is 0 Å². The van der Waals surface area contributed by atoms with Crippen LogP contribution < -0.4 is 0 Å². The number of carbonyl (C=O) groups is 1. The molecule has 0 saturated heterocycles. The van der Waals surface area contributed by atoms with Crippen molar-refractivity contribution >= 4 is 11.8 Å². The van der Waals surface area contributed by atoms with Gasteiger partial charge in [-0.1, -0.05) is 6.57 Å². The minimum absolute atomic E-state index is 0.161. The van der Waals surface area contributed by atoms with E-state index in [1.807, 2.05) is 0 Å². The van der Waals surface area contributed by atoms with Crippen LogP contribution in [-0.2, 0) is 14.4 Å². The molecular formula is C8H12N2O3. The minimum atomic E-state index is -0.752. The van der Waals surface area contributed by atoms with Crippen LogP contribution in [0.25, 0.3) is 4.85 Å².